The van der Waals surface area contributed by atoms with Crippen LogP contribution in [0.15, 0.2) is 0 Å². The summed E-state index contributed by atoms with van der Waals surface area (Å²) in [7, 11) is 0. The molecule has 1 unspecified atom stereocenters. The van der Waals surface area contributed by atoms with Crippen LogP contribution < -0.4 is 11.1 Å². The summed E-state index contributed by atoms with van der Waals surface area (Å²) < 4.78 is 0. The minimum absolute atomic E-state index is 0.128. The second-order valence-corrected chi connectivity index (χ2v) is 4.77. The van der Waals surface area contributed by atoms with E-state index in [1.807, 2.05) is 6.92 Å². The predicted molar refractivity (Wildman–Crippen MR) is 62.0 cm³/mol. The lowest BCUT2D eigenvalue weighted by Gasteiger charge is -2.20. The molecule has 0 saturated heterocycles. The smallest absolute Gasteiger partial charge is 0.326 e. The Hall–Kier alpha value is -1.10. The summed E-state index contributed by atoms with van der Waals surface area (Å²) in [5.74, 6) is -1.30. The van der Waals surface area contributed by atoms with Gasteiger partial charge in [-0.3, -0.25) is 4.79 Å². The minimum Gasteiger partial charge on any atom is -0.480 e. The first-order valence-corrected chi connectivity index (χ1v) is 5.57. The number of unbranched alkanes of at least 4 members (excludes halogenated alkanes) is 1. The van der Waals surface area contributed by atoms with Gasteiger partial charge in [0.05, 0.1) is 0 Å². The van der Waals surface area contributed by atoms with E-state index in [4.69, 9.17) is 10.8 Å². The van der Waals surface area contributed by atoms with Crippen LogP contribution in [0.4, 0.5) is 0 Å². The number of carboxylic acid groups (broad SMARTS) is 1. The Kier molecular flexibility index (Phi) is 6.03. The van der Waals surface area contributed by atoms with Gasteiger partial charge in [0.1, 0.15) is 6.04 Å². The molecule has 0 rings (SSSR count). The van der Waals surface area contributed by atoms with Gasteiger partial charge in [0.25, 0.3) is 0 Å². The number of carbonyl (C=O) groups is 2. The van der Waals surface area contributed by atoms with Gasteiger partial charge in [0.15, 0.2) is 0 Å². The highest BCUT2D eigenvalue weighted by Gasteiger charge is 2.22. The van der Waals surface area contributed by atoms with Gasteiger partial charge in [-0.15, -0.1) is 0 Å². The predicted octanol–water partition coefficient (Wildman–Crippen LogP) is 0.873. The van der Waals surface area contributed by atoms with Crippen LogP contribution in [0.3, 0.4) is 0 Å². The average molecular weight is 230 g/mol. The standard InChI is InChI=1S/C11H22N2O3/c1-4-5-6-8(10(15)16)13-9(14)7-11(2,3)12/h8H,4-7,12H2,1-3H3,(H,13,14)(H,15,16). The van der Waals surface area contributed by atoms with Gasteiger partial charge in [-0.1, -0.05) is 19.8 Å². The van der Waals surface area contributed by atoms with Gasteiger partial charge in [-0.05, 0) is 20.3 Å². The van der Waals surface area contributed by atoms with Crippen LogP contribution >= 0.6 is 0 Å². The number of nitrogens with two attached hydrogens (primary N) is 1. The van der Waals surface area contributed by atoms with Crippen LogP contribution in [0, 0.1) is 0 Å². The fourth-order valence-corrected chi connectivity index (χ4v) is 1.32. The fourth-order valence-electron chi connectivity index (χ4n) is 1.32. The van der Waals surface area contributed by atoms with Crippen LogP contribution in [0.2, 0.25) is 0 Å². The zero-order valence-corrected chi connectivity index (χ0v) is 10.2. The van der Waals surface area contributed by atoms with E-state index in [-0.39, 0.29) is 12.3 Å². The van der Waals surface area contributed by atoms with E-state index in [2.05, 4.69) is 5.32 Å². The first kappa shape index (κ1) is 14.9. The molecule has 0 saturated carbocycles. The first-order chi connectivity index (χ1) is 7.26. The van der Waals surface area contributed by atoms with E-state index >= 15 is 0 Å². The molecule has 0 aliphatic carbocycles. The van der Waals surface area contributed by atoms with Crippen molar-refractivity contribution in [3.05, 3.63) is 0 Å². The second-order valence-electron chi connectivity index (χ2n) is 4.77. The molecule has 5 nitrogen and oxygen atoms in total. The molecule has 0 fully saturated rings. The van der Waals surface area contributed by atoms with Crippen molar-refractivity contribution in [1.82, 2.24) is 5.32 Å². The van der Waals surface area contributed by atoms with Gasteiger partial charge in [-0.2, -0.15) is 0 Å². The lowest BCUT2D eigenvalue weighted by atomic mass is 10.0. The van der Waals surface area contributed by atoms with Crippen LogP contribution in [0.5, 0.6) is 0 Å². The summed E-state index contributed by atoms with van der Waals surface area (Å²) in [6.07, 6.45) is 2.27. The molecule has 0 spiro atoms. The Balaban J connectivity index is 4.19. The molecule has 0 aromatic rings. The average Bonchev–Trinajstić information content (AvgIpc) is 2.08. The Morgan fingerprint density at radius 1 is 1.44 bits per heavy atom. The van der Waals surface area contributed by atoms with E-state index in [0.29, 0.717) is 6.42 Å². The van der Waals surface area contributed by atoms with Crippen molar-refractivity contribution in [2.75, 3.05) is 0 Å². The normalized spacial score (nSPS) is 13.2. The molecule has 0 aromatic carbocycles. The van der Waals surface area contributed by atoms with Crippen molar-refractivity contribution in [3.8, 4) is 0 Å². The maximum Gasteiger partial charge on any atom is 0.326 e. The summed E-state index contributed by atoms with van der Waals surface area (Å²) >= 11 is 0. The third-order valence-corrected chi connectivity index (χ3v) is 2.10. The Labute approximate surface area is 96.4 Å². The highest BCUT2D eigenvalue weighted by atomic mass is 16.4. The molecule has 1 atom stereocenters. The van der Waals surface area contributed by atoms with Crippen molar-refractivity contribution < 1.29 is 14.7 Å². The van der Waals surface area contributed by atoms with Crippen molar-refractivity contribution in [3.63, 3.8) is 0 Å². The zero-order valence-electron chi connectivity index (χ0n) is 10.2. The van der Waals surface area contributed by atoms with Gasteiger partial charge in [0, 0.05) is 12.0 Å². The van der Waals surface area contributed by atoms with Gasteiger partial charge in [0.2, 0.25) is 5.91 Å². The van der Waals surface area contributed by atoms with E-state index in [0.717, 1.165) is 12.8 Å². The molecule has 4 N–H and O–H groups in total. The summed E-state index contributed by atoms with van der Waals surface area (Å²) in [5, 5.41) is 11.4. The molecule has 5 heteroatoms. The van der Waals surface area contributed by atoms with E-state index < -0.39 is 17.6 Å². The third kappa shape index (κ3) is 7.23. The van der Waals surface area contributed by atoms with Crippen LogP contribution in [-0.2, 0) is 9.59 Å². The molecule has 0 aliphatic heterocycles. The molecule has 1 amide bonds. The molecule has 0 bridgehead atoms. The minimum atomic E-state index is -0.989. The van der Waals surface area contributed by atoms with E-state index in [1.54, 1.807) is 13.8 Å². The van der Waals surface area contributed by atoms with Crippen LogP contribution in [-0.4, -0.2) is 28.6 Å². The zero-order chi connectivity index (χ0) is 12.8. The number of hydrogen-bond donors (Lipinski definition) is 3. The maximum absolute atomic E-state index is 11.5. The number of hydrogen-bond acceptors (Lipinski definition) is 3. The summed E-state index contributed by atoms with van der Waals surface area (Å²) in [5.41, 5.74) is 5.07. The molecular weight excluding hydrogens is 208 g/mol. The molecule has 94 valence electrons. The number of carbonyl (C=O) groups excluding carboxylic acids is 1. The highest BCUT2D eigenvalue weighted by molar-refractivity contribution is 5.84. The second kappa shape index (κ2) is 6.48. The van der Waals surface area contributed by atoms with Crippen LogP contribution in [0.25, 0.3) is 0 Å². The van der Waals surface area contributed by atoms with E-state index in [1.165, 1.54) is 0 Å². The topological polar surface area (TPSA) is 92.4 Å². The van der Waals surface area contributed by atoms with Gasteiger partial charge >= 0.3 is 5.97 Å². The monoisotopic (exact) mass is 230 g/mol. The van der Waals surface area contributed by atoms with Crippen molar-refractivity contribution >= 4 is 11.9 Å². The molecule has 0 radical (unpaired) electrons. The molecular formula is C11H22N2O3. The summed E-state index contributed by atoms with van der Waals surface area (Å²) in [4.78, 5) is 22.3. The van der Waals surface area contributed by atoms with Crippen molar-refractivity contribution in [2.24, 2.45) is 5.73 Å². The maximum atomic E-state index is 11.5. The molecule has 0 aromatic heterocycles. The lowest BCUT2D eigenvalue weighted by molar-refractivity contribution is -0.142. The van der Waals surface area contributed by atoms with Crippen molar-refractivity contribution in [1.29, 1.82) is 0 Å². The number of carboxylic acids is 1. The van der Waals surface area contributed by atoms with Gasteiger partial charge < -0.3 is 16.2 Å². The molecule has 0 heterocycles. The Morgan fingerprint density at radius 2 is 2.00 bits per heavy atom. The fraction of sp³-hybridized carbons (Fsp3) is 0.818. The first-order valence-electron chi connectivity index (χ1n) is 5.57. The summed E-state index contributed by atoms with van der Waals surface area (Å²) in [6.45, 7) is 5.44. The largest absolute Gasteiger partial charge is 0.480 e. The van der Waals surface area contributed by atoms with Crippen LogP contribution in [0.1, 0.15) is 46.5 Å². The Bertz CT molecular complexity index is 246. The number of rotatable bonds is 7. The third-order valence-electron chi connectivity index (χ3n) is 2.10. The molecule has 0 aliphatic rings. The van der Waals surface area contributed by atoms with Crippen molar-refractivity contribution in [2.45, 2.75) is 58.0 Å². The number of aliphatic carboxylic acids is 1. The highest BCUT2D eigenvalue weighted by Crippen LogP contribution is 2.05. The molecule has 16 heavy (non-hydrogen) atoms. The SMILES string of the molecule is CCCCC(NC(=O)CC(C)(C)N)C(=O)O. The van der Waals surface area contributed by atoms with Gasteiger partial charge in [-0.25, -0.2) is 4.79 Å². The quantitative estimate of drug-likeness (QED) is 0.605. The number of amides is 1. The number of nitrogens with one attached hydrogen (secondary N) is 1. The summed E-state index contributed by atoms with van der Waals surface area (Å²) in [6, 6.07) is -0.796. The van der Waals surface area contributed by atoms with E-state index in [9.17, 15) is 9.59 Å². The Morgan fingerprint density at radius 3 is 2.38 bits per heavy atom. The lowest BCUT2D eigenvalue weighted by Crippen LogP contribution is -2.45.